The van der Waals surface area contributed by atoms with Crippen molar-refractivity contribution in [2.75, 3.05) is 27.2 Å². The van der Waals surface area contributed by atoms with Crippen molar-refractivity contribution in [1.29, 1.82) is 0 Å². The van der Waals surface area contributed by atoms with Crippen LogP contribution in [0.3, 0.4) is 0 Å². The first-order chi connectivity index (χ1) is 12.0. The molecule has 0 spiro atoms. The molecule has 1 amide bonds. The highest BCUT2D eigenvalue weighted by Gasteiger charge is 2.37. The molecule has 0 atom stereocenters. The molecule has 1 fully saturated rings. The molecule has 2 rings (SSSR count). The van der Waals surface area contributed by atoms with Gasteiger partial charge in [-0.15, -0.1) is 0 Å². The third-order valence-electron chi connectivity index (χ3n) is 4.27. The molecule has 0 saturated carbocycles. The van der Waals surface area contributed by atoms with Gasteiger partial charge in [0.2, 0.25) is 15.9 Å². The molecule has 1 heterocycles. The van der Waals surface area contributed by atoms with Gasteiger partial charge in [-0.2, -0.15) is 17.5 Å². The third kappa shape index (κ3) is 4.30. The number of hydroxylamine groups is 2. The smallest absolute Gasteiger partial charge is 0.275 e. The monoisotopic (exact) mass is 414 g/mol. The average molecular weight is 415 g/mol. The van der Waals surface area contributed by atoms with Crippen LogP contribution in [-0.4, -0.2) is 50.9 Å². The van der Waals surface area contributed by atoms with Crippen molar-refractivity contribution in [1.82, 2.24) is 9.37 Å². The lowest BCUT2D eigenvalue weighted by Crippen LogP contribution is -2.43. The summed E-state index contributed by atoms with van der Waals surface area (Å²) in [5.74, 6) is -0.669. The van der Waals surface area contributed by atoms with E-state index in [0.29, 0.717) is 6.07 Å². The Morgan fingerprint density at radius 1 is 1.31 bits per heavy atom. The highest BCUT2D eigenvalue weighted by Crippen LogP contribution is 2.36. The topological polar surface area (TPSA) is 66.9 Å². The molecule has 11 heteroatoms. The van der Waals surface area contributed by atoms with E-state index in [1.165, 1.54) is 14.2 Å². The average Bonchev–Trinajstić information content (AvgIpc) is 2.59. The molecule has 1 aromatic rings. The summed E-state index contributed by atoms with van der Waals surface area (Å²) >= 11 is 5.53. The molecule has 0 N–H and O–H groups in total. The summed E-state index contributed by atoms with van der Waals surface area (Å²) in [6.07, 6.45) is -4.25. The molecule has 0 unspecified atom stereocenters. The zero-order chi connectivity index (χ0) is 19.7. The number of amides is 1. The minimum atomic E-state index is -4.76. The zero-order valence-electron chi connectivity index (χ0n) is 14.1. The van der Waals surface area contributed by atoms with Crippen LogP contribution < -0.4 is 0 Å². The Hall–Kier alpha value is -1.36. The van der Waals surface area contributed by atoms with Crippen LogP contribution in [0, 0.1) is 5.92 Å². The van der Waals surface area contributed by atoms with Crippen molar-refractivity contribution in [2.24, 2.45) is 5.92 Å². The number of nitrogens with zero attached hydrogens (tertiary/aromatic N) is 2. The molecule has 146 valence electrons. The van der Waals surface area contributed by atoms with E-state index in [4.69, 9.17) is 16.4 Å². The maximum absolute atomic E-state index is 13.0. The van der Waals surface area contributed by atoms with E-state index in [2.05, 4.69) is 0 Å². The molecule has 26 heavy (non-hydrogen) atoms. The van der Waals surface area contributed by atoms with Gasteiger partial charge in [-0.25, -0.2) is 13.5 Å². The van der Waals surface area contributed by atoms with Crippen molar-refractivity contribution in [3.63, 3.8) is 0 Å². The van der Waals surface area contributed by atoms with Crippen LogP contribution in [0.1, 0.15) is 18.4 Å². The molecule has 1 aliphatic rings. The summed E-state index contributed by atoms with van der Waals surface area (Å²) in [6.45, 7) is 0.0561. The Kier molecular flexibility index (Phi) is 6.21. The third-order valence-corrected chi connectivity index (χ3v) is 6.49. The summed E-state index contributed by atoms with van der Waals surface area (Å²) in [6, 6.07) is 2.50. The molecule has 0 bridgehead atoms. The second-order valence-electron chi connectivity index (χ2n) is 5.84. The SMILES string of the molecule is CON(C)C(=O)C1CCN(S(=O)(=O)c2ccc(Cl)c(C(F)(F)F)c2)CC1. The van der Waals surface area contributed by atoms with E-state index in [-0.39, 0.29) is 31.8 Å². The molecular weight excluding hydrogens is 397 g/mol. The number of halogens is 4. The summed E-state index contributed by atoms with van der Waals surface area (Å²) < 4.78 is 65.2. The fourth-order valence-electron chi connectivity index (χ4n) is 2.72. The number of alkyl halides is 3. The van der Waals surface area contributed by atoms with Crippen LogP contribution in [0.15, 0.2) is 23.1 Å². The summed E-state index contributed by atoms with van der Waals surface area (Å²) in [4.78, 5) is 16.4. The van der Waals surface area contributed by atoms with Gasteiger partial charge in [-0.05, 0) is 31.0 Å². The Morgan fingerprint density at radius 2 is 1.88 bits per heavy atom. The zero-order valence-corrected chi connectivity index (χ0v) is 15.7. The number of sulfonamides is 1. The minimum absolute atomic E-state index is 0.0280. The van der Waals surface area contributed by atoms with E-state index in [0.717, 1.165) is 21.5 Å². The number of benzene rings is 1. The second kappa shape index (κ2) is 7.71. The lowest BCUT2D eigenvalue weighted by molar-refractivity contribution is -0.174. The summed E-state index contributed by atoms with van der Waals surface area (Å²) in [5.41, 5.74) is -1.20. The first kappa shape index (κ1) is 20.9. The normalized spacial score (nSPS) is 17.3. The number of carbonyl (C=O) groups excluding carboxylic acids is 1. The largest absolute Gasteiger partial charge is 0.417 e. The van der Waals surface area contributed by atoms with Crippen molar-refractivity contribution in [2.45, 2.75) is 23.9 Å². The van der Waals surface area contributed by atoms with E-state index >= 15 is 0 Å². The van der Waals surface area contributed by atoms with E-state index < -0.39 is 37.6 Å². The van der Waals surface area contributed by atoms with Crippen molar-refractivity contribution < 1.29 is 31.2 Å². The Labute approximate surface area is 154 Å². The number of hydrogen-bond donors (Lipinski definition) is 0. The van der Waals surface area contributed by atoms with Gasteiger partial charge >= 0.3 is 6.18 Å². The van der Waals surface area contributed by atoms with Crippen LogP contribution >= 0.6 is 11.6 Å². The quantitative estimate of drug-likeness (QED) is 0.710. The van der Waals surface area contributed by atoms with E-state index in [1.807, 2.05) is 0 Å². The summed E-state index contributed by atoms with van der Waals surface area (Å²) in [5, 5.41) is 0.507. The van der Waals surface area contributed by atoms with Crippen LogP contribution in [0.25, 0.3) is 0 Å². The fourth-order valence-corrected chi connectivity index (χ4v) is 4.44. The van der Waals surface area contributed by atoms with E-state index in [1.54, 1.807) is 0 Å². The van der Waals surface area contributed by atoms with Crippen LogP contribution in [0.5, 0.6) is 0 Å². The van der Waals surface area contributed by atoms with E-state index in [9.17, 15) is 26.4 Å². The fraction of sp³-hybridized carbons (Fsp3) is 0.533. The van der Waals surface area contributed by atoms with Crippen molar-refractivity contribution in [3.05, 3.63) is 28.8 Å². The maximum Gasteiger partial charge on any atom is 0.417 e. The number of carbonyl (C=O) groups is 1. The van der Waals surface area contributed by atoms with Gasteiger partial charge in [0.05, 0.1) is 22.6 Å². The van der Waals surface area contributed by atoms with Gasteiger partial charge in [0.15, 0.2) is 0 Å². The lowest BCUT2D eigenvalue weighted by Gasteiger charge is -2.32. The van der Waals surface area contributed by atoms with Crippen LogP contribution in [0.2, 0.25) is 5.02 Å². The second-order valence-corrected chi connectivity index (χ2v) is 8.18. The summed E-state index contributed by atoms with van der Waals surface area (Å²) in [7, 11) is -1.32. The Balaban J connectivity index is 2.19. The highest BCUT2D eigenvalue weighted by atomic mass is 35.5. The molecular formula is C15H18ClF3N2O4S. The molecule has 0 radical (unpaired) electrons. The lowest BCUT2D eigenvalue weighted by atomic mass is 9.97. The molecule has 6 nitrogen and oxygen atoms in total. The predicted octanol–water partition coefficient (Wildman–Crippen LogP) is 2.78. The first-order valence-electron chi connectivity index (χ1n) is 7.67. The number of rotatable bonds is 4. The molecule has 0 aliphatic carbocycles. The highest BCUT2D eigenvalue weighted by molar-refractivity contribution is 7.89. The maximum atomic E-state index is 13.0. The van der Waals surface area contributed by atoms with Crippen LogP contribution in [0.4, 0.5) is 13.2 Å². The molecule has 1 aromatic carbocycles. The Morgan fingerprint density at radius 3 is 2.38 bits per heavy atom. The van der Waals surface area contributed by atoms with Gasteiger partial charge in [0.1, 0.15) is 0 Å². The predicted molar refractivity (Wildman–Crippen MR) is 87.7 cm³/mol. The molecule has 0 aromatic heterocycles. The van der Waals surface area contributed by atoms with Gasteiger partial charge in [-0.3, -0.25) is 9.63 Å². The molecule has 1 saturated heterocycles. The van der Waals surface area contributed by atoms with Gasteiger partial charge in [0, 0.05) is 26.1 Å². The number of piperidine rings is 1. The van der Waals surface area contributed by atoms with Crippen molar-refractivity contribution >= 4 is 27.5 Å². The van der Waals surface area contributed by atoms with Crippen LogP contribution in [-0.2, 0) is 25.8 Å². The standard InChI is InChI=1S/C15H18ClF3N2O4S/c1-20(25-2)14(22)10-5-7-21(8-6-10)26(23,24)11-3-4-13(16)12(9-11)15(17,18)19/h3-4,9-10H,5-8H2,1-2H3. The van der Waals surface area contributed by atoms with Gasteiger partial charge in [0.25, 0.3) is 0 Å². The number of hydrogen-bond acceptors (Lipinski definition) is 4. The molecule has 1 aliphatic heterocycles. The van der Waals surface area contributed by atoms with Gasteiger partial charge < -0.3 is 0 Å². The first-order valence-corrected chi connectivity index (χ1v) is 9.49. The minimum Gasteiger partial charge on any atom is -0.275 e. The Bertz CT molecular complexity index is 778. The van der Waals surface area contributed by atoms with Gasteiger partial charge in [-0.1, -0.05) is 11.6 Å². The van der Waals surface area contributed by atoms with Crippen molar-refractivity contribution in [3.8, 4) is 0 Å².